The third-order valence-electron chi connectivity index (χ3n) is 4.14. The molecule has 26 heavy (non-hydrogen) atoms. The van der Waals surface area contributed by atoms with Crippen molar-refractivity contribution in [3.05, 3.63) is 54.1 Å². The molecule has 0 aromatic heterocycles. The Morgan fingerprint density at radius 1 is 1.00 bits per heavy atom. The van der Waals surface area contributed by atoms with E-state index in [1.54, 1.807) is 12.1 Å². The number of amides is 1. The standard InChI is InChI=1S/C20H24N2O4/c1-13(24)19(18(25)12-23)21-20(26)16-6-4-14(5-7-16)15-8-10-17(11-9-15)22(2)3/h4-11,13,19,23-24H,12H2,1-3H3,(H,21,26)/t13-,19+/m1/s1. The van der Waals surface area contributed by atoms with Crippen LogP contribution in [0.2, 0.25) is 0 Å². The molecule has 0 saturated heterocycles. The summed E-state index contributed by atoms with van der Waals surface area (Å²) in [6.45, 7) is 0.650. The zero-order valence-corrected chi connectivity index (χ0v) is 15.1. The zero-order valence-electron chi connectivity index (χ0n) is 15.1. The van der Waals surface area contributed by atoms with Gasteiger partial charge in [-0.2, -0.15) is 0 Å². The van der Waals surface area contributed by atoms with Gasteiger partial charge >= 0.3 is 0 Å². The second-order valence-corrected chi connectivity index (χ2v) is 6.33. The number of aliphatic hydroxyl groups excluding tert-OH is 2. The molecule has 0 aliphatic heterocycles. The first-order valence-electron chi connectivity index (χ1n) is 8.34. The SMILES string of the molecule is C[C@@H](O)[C@H](NC(=O)c1ccc(-c2ccc(N(C)C)cc2)cc1)C(=O)CO. The molecule has 0 radical (unpaired) electrons. The highest BCUT2D eigenvalue weighted by Crippen LogP contribution is 2.22. The molecule has 0 bridgehead atoms. The van der Waals surface area contributed by atoms with E-state index in [1.807, 2.05) is 55.4 Å². The Morgan fingerprint density at radius 3 is 1.92 bits per heavy atom. The molecule has 2 aromatic rings. The van der Waals surface area contributed by atoms with Crippen LogP contribution < -0.4 is 10.2 Å². The molecule has 0 unspecified atom stereocenters. The first-order chi connectivity index (χ1) is 12.3. The predicted molar refractivity (Wildman–Crippen MR) is 101 cm³/mol. The number of rotatable bonds is 7. The number of benzene rings is 2. The molecule has 6 nitrogen and oxygen atoms in total. The van der Waals surface area contributed by atoms with E-state index in [2.05, 4.69) is 5.32 Å². The largest absolute Gasteiger partial charge is 0.391 e. The Labute approximate surface area is 153 Å². The number of nitrogens with zero attached hydrogens (tertiary/aromatic N) is 1. The minimum Gasteiger partial charge on any atom is -0.391 e. The molecule has 6 heteroatoms. The van der Waals surface area contributed by atoms with Crippen molar-refractivity contribution < 1.29 is 19.8 Å². The second-order valence-electron chi connectivity index (χ2n) is 6.33. The van der Waals surface area contributed by atoms with Gasteiger partial charge in [0.1, 0.15) is 12.6 Å². The normalized spacial score (nSPS) is 13.0. The third kappa shape index (κ3) is 4.68. The van der Waals surface area contributed by atoms with E-state index in [4.69, 9.17) is 5.11 Å². The van der Waals surface area contributed by atoms with Gasteiger partial charge in [-0.3, -0.25) is 9.59 Å². The Hall–Kier alpha value is -2.70. The number of ketones is 1. The van der Waals surface area contributed by atoms with Gasteiger partial charge in [-0.1, -0.05) is 24.3 Å². The fourth-order valence-corrected chi connectivity index (χ4v) is 2.56. The highest BCUT2D eigenvalue weighted by molar-refractivity contribution is 5.98. The van der Waals surface area contributed by atoms with E-state index in [0.717, 1.165) is 16.8 Å². The Kier molecular flexibility index (Phi) is 6.49. The summed E-state index contributed by atoms with van der Waals surface area (Å²) in [4.78, 5) is 25.9. The number of aliphatic hydroxyl groups is 2. The topological polar surface area (TPSA) is 89.9 Å². The average Bonchev–Trinajstić information content (AvgIpc) is 2.65. The molecule has 0 aliphatic rings. The van der Waals surface area contributed by atoms with E-state index in [9.17, 15) is 14.7 Å². The van der Waals surface area contributed by atoms with Crippen molar-refractivity contribution in [3.8, 4) is 11.1 Å². The maximum Gasteiger partial charge on any atom is 0.251 e. The van der Waals surface area contributed by atoms with Crippen molar-refractivity contribution in [1.82, 2.24) is 5.32 Å². The lowest BCUT2D eigenvalue weighted by atomic mass is 10.0. The molecular formula is C20H24N2O4. The fourth-order valence-electron chi connectivity index (χ4n) is 2.56. The van der Waals surface area contributed by atoms with Gasteiger partial charge in [-0.25, -0.2) is 0 Å². The van der Waals surface area contributed by atoms with Crippen LogP contribution in [0.25, 0.3) is 11.1 Å². The van der Waals surface area contributed by atoms with Crippen LogP contribution in [-0.2, 0) is 4.79 Å². The molecule has 0 spiro atoms. The fraction of sp³-hybridized carbons (Fsp3) is 0.300. The minimum atomic E-state index is -1.13. The molecule has 0 aliphatic carbocycles. The smallest absolute Gasteiger partial charge is 0.251 e. The van der Waals surface area contributed by atoms with Gasteiger partial charge in [0.25, 0.3) is 5.91 Å². The van der Waals surface area contributed by atoms with Gasteiger partial charge < -0.3 is 20.4 Å². The third-order valence-corrected chi connectivity index (χ3v) is 4.14. The maximum atomic E-state index is 12.3. The number of carbonyl (C=O) groups excluding carboxylic acids is 2. The van der Waals surface area contributed by atoms with Crippen molar-refractivity contribution >= 4 is 17.4 Å². The summed E-state index contributed by atoms with van der Waals surface area (Å²) in [7, 11) is 3.95. The monoisotopic (exact) mass is 356 g/mol. The van der Waals surface area contributed by atoms with E-state index < -0.39 is 30.4 Å². The number of hydrogen-bond donors (Lipinski definition) is 3. The van der Waals surface area contributed by atoms with Crippen LogP contribution in [0.15, 0.2) is 48.5 Å². The minimum absolute atomic E-state index is 0.370. The van der Waals surface area contributed by atoms with Crippen LogP contribution in [-0.4, -0.2) is 54.8 Å². The van der Waals surface area contributed by atoms with Crippen molar-refractivity contribution in [2.45, 2.75) is 19.1 Å². The first-order valence-corrected chi connectivity index (χ1v) is 8.34. The van der Waals surface area contributed by atoms with Crippen molar-refractivity contribution in [1.29, 1.82) is 0 Å². The lowest BCUT2D eigenvalue weighted by molar-refractivity contribution is -0.125. The molecule has 2 aromatic carbocycles. The van der Waals surface area contributed by atoms with Crippen molar-refractivity contribution in [2.24, 2.45) is 0 Å². The second kappa shape index (κ2) is 8.60. The van der Waals surface area contributed by atoms with Crippen LogP contribution in [0.5, 0.6) is 0 Å². The van der Waals surface area contributed by atoms with Gasteiger partial charge in [0.2, 0.25) is 0 Å². The molecule has 138 valence electrons. The van der Waals surface area contributed by atoms with Gasteiger partial charge in [-0.05, 0) is 42.3 Å². The first kappa shape index (κ1) is 19.6. The Morgan fingerprint density at radius 2 is 1.50 bits per heavy atom. The number of nitrogens with one attached hydrogen (secondary N) is 1. The van der Waals surface area contributed by atoms with Crippen molar-refractivity contribution in [3.63, 3.8) is 0 Å². The molecule has 0 fully saturated rings. The summed E-state index contributed by atoms with van der Waals surface area (Å²) >= 11 is 0. The molecular weight excluding hydrogens is 332 g/mol. The summed E-state index contributed by atoms with van der Waals surface area (Å²) < 4.78 is 0. The predicted octanol–water partition coefficient (Wildman–Crippen LogP) is 1.46. The van der Waals surface area contributed by atoms with Gasteiger partial charge in [0.15, 0.2) is 5.78 Å². The van der Waals surface area contributed by atoms with Crippen LogP contribution in [0.1, 0.15) is 17.3 Å². The van der Waals surface area contributed by atoms with Crippen LogP contribution >= 0.6 is 0 Å². The van der Waals surface area contributed by atoms with E-state index in [1.165, 1.54) is 6.92 Å². The van der Waals surface area contributed by atoms with Crippen LogP contribution in [0, 0.1) is 0 Å². The molecule has 2 rings (SSSR count). The molecule has 0 heterocycles. The van der Waals surface area contributed by atoms with E-state index >= 15 is 0 Å². The summed E-state index contributed by atoms with van der Waals surface area (Å²) in [6.07, 6.45) is -1.09. The van der Waals surface area contributed by atoms with Gasteiger partial charge in [0, 0.05) is 25.3 Å². The summed E-state index contributed by atoms with van der Waals surface area (Å²) in [5.74, 6) is -1.11. The van der Waals surface area contributed by atoms with E-state index in [0.29, 0.717) is 5.56 Å². The summed E-state index contributed by atoms with van der Waals surface area (Å²) in [5.41, 5.74) is 3.46. The van der Waals surface area contributed by atoms with Gasteiger partial charge in [0.05, 0.1) is 6.10 Å². The number of carbonyl (C=O) groups is 2. The highest BCUT2D eigenvalue weighted by Gasteiger charge is 2.25. The molecule has 1 amide bonds. The lowest BCUT2D eigenvalue weighted by Gasteiger charge is -2.19. The Balaban J connectivity index is 2.13. The quantitative estimate of drug-likeness (QED) is 0.699. The molecule has 0 saturated carbocycles. The Bertz CT molecular complexity index is 752. The maximum absolute atomic E-state index is 12.3. The number of Topliss-reactive ketones (excluding diaryl/α,β-unsaturated/α-hetero) is 1. The average molecular weight is 356 g/mol. The molecule has 3 N–H and O–H groups in total. The highest BCUT2D eigenvalue weighted by atomic mass is 16.3. The lowest BCUT2D eigenvalue weighted by Crippen LogP contribution is -2.48. The zero-order chi connectivity index (χ0) is 19.3. The summed E-state index contributed by atoms with van der Waals surface area (Å²) in [6, 6.07) is 13.9. The number of anilines is 1. The molecule has 2 atom stereocenters. The number of hydrogen-bond acceptors (Lipinski definition) is 5. The van der Waals surface area contributed by atoms with Crippen molar-refractivity contribution in [2.75, 3.05) is 25.6 Å². The van der Waals surface area contributed by atoms with E-state index in [-0.39, 0.29) is 0 Å². The van der Waals surface area contributed by atoms with Crippen LogP contribution in [0.3, 0.4) is 0 Å². The van der Waals surface area contributed by atoms with Gasteiger partial charge in [-0.15, -0.1) is 0 Å². The summed E-state index contributed by atoms with van der Waals surface area (Å²) in [5, 5.41) is 21.0. The van der Waals surface area contributed by atoms with Crippen LogP contribution in [0.4, 0.5) is 5.69 Å².